The molecule has 2 aliphatic carbocycles. The highest BCUT2D eigenvalue weighted by molar-refractivity contribution is 5.76. The molecular formula is C27H40O6. The van der Waals surface area contributed by atoms with Crippen LogP contribution in [0.4, 0.5) is 0 Å². The number of ether oxygens (including phenoxy) is 3. The predicted octanol–water partition coefficient (Wildman–Crippen LogP) is 5.16. The molecule has 0 radical (unpaired) electrons. The number of allylic oxidation sites excluding steroid dienone is 3. The molecular weight excluding hydrogens is 420 g/mol. The molecule has 33 heavy (non-hydrogen) atoms. The first-order valence-corrected chi connectivity index (χ1v) is 12.5. The largest absolute Gasteiger partial charge is 0.462 e. The Labute approximate surface area is 198 Å². The minimum atomic E-state index is -0.502. The summed E-state index contributed by atoms with van der Waals surface area (Å²) in [4.78, 5) is 36.3. The van der Waals surface area contributed by atoms with Crippen LogP contribution in [0.25, 0.3) is 0 Å². The third kappa shape index (κ3) is 6.27. The van der Waals surface area contributed by atoms with E-state index in [1.165, 1.54) is 12.5 Å². The first-order valence-electron chi connectivity index (χ1n) is 12.5. The average molecular weight is 461 g/mol. The van der Waals surface area contributed by atoms with E-state index in [2.05, 4.69) is 32.1 Å². The molecule has 0 saturated carbocycles. The van der Waals surface area contributed by atoms with Gasteiger partial charge in [-0.1, -0.05) is 39.0 Å². The van der Waals surface area contributed by atoms with Crippen LogP contribution < -0.4 is 0 Å². The van der Waals surface area contributed by atoms with Crippen LogP contribution in [0.1, 0.15) is 80.1 Å². The fourth-order valence-corrected chi connectivity index (χ4v) is 5.39. The molecule has 0 aromatic heterocycles. The molecule has 6 nitrogen and oxygen atoms in total. The number of fused-ring (bicyclic) bond motifs is 1. The second-order valence-electron chi connectivity index (χ2n) is 10.8. The van der Waals surface area contributed by atoms with Gasteiger partial charge in [0.1, 0.15) is 18.3 Å². The molecule has 0 aromatic carbocycles. The topological polar surface area (TPSA) is 78.9 Å². The summed E-state index contributed by atoms with van der Waals surface area (Å²) >= 11 is 0. The van der Waals surface area contributed by atoms with Gasteiger partial charge in [0, 0.05) is 19.3 Å². The monoisotopic (exact) mass is 460 g/mol. The zero-order valence-electron chi connectivity index (χ0n) is 21.0. The van der Waals surface area contributed by atoms with Crippen LogP contribution in [0, 0.1) is 29.1 Å². The Morgan fingerprint density at radius 2 is 1.88 bits per heavy atom. The molecule has 0 aromatic rings. The van der Waals surface area contributed by atoms with Crippen LogP contribution in [0.5, 0.6) is 0 Å². The van der Waals surface area contributed by atoms with Gasteiger partial charge in [-0.15, -0.1) is 0 Å². The van der Waals surface area contributed by atoms with Crippen molar-refractivity contribution in [2.75, 3.05) is 0 Å². The number of carbonyl (C=O) groups excluding carboxylic acids is 3. The lowest BCUT2D eigenvalue weighted by Crippen LogP contribution is -2.43. The Hall–Kier alpha value is -2.11. The Morgan fingerprint density at radius 3 is 2.55 bits per heavy atom. The minimum Gasteiger partial charge on any atom is -0.462 e. The van der Waals surface area contributed by atoms with Crippen LogP contribution in [0.15, 0.2) is 23.8 Å². The van der Waals surface area contributed by atoms with Gasteiger partial charge < -0.3 is 14.2 Å². The molecule has 184 valence electrons. The van der Waals surface area contributed by atoms with Crippen molar-refractivity contribution in [3.8, 4) is 0 Å². The number of hydrogen-bond acceptors (Lipinski definition) is 6. The summed E-state index contributed by atoms with van der Waals surface area (Å²) in [6, 6.07) is 0. The van der Waals surface area contributed by atoms with E-state index in [-0.39, 0.29) is 48.4 Å². The lowest BCUT2D eigenvalue weighted by atomic mass is 9.65. The average Bonchev–Trinajstić information content (AvgIpc) is 2.72. The molecule has 0 amide bonds. The Morgan fingerprint density at radius 1 is 1.15 bits per heavy atom. The van der Waals surface area contributed by atoms with Gasteiger partial charge in [-0.2, -0.15) is 0 Å². The molecule has 6 heteroatoms. The predicted molar refractivity (Wildman–Crippen MR) is 125 cm³/mol. The highest BCUT2D eigenvalue weighted by Crippen LogP contribution is 2.45. The molecule has 0 bridgehead atoms. The molecule has 0 spiro atoms. The van der Waals surface area contributed by atoms with E-state index in [1.54, 1.807) is 0 Å². The Balaban J connectivity index is 1.74. The first kappa shape index (κ1) is 25.5. The molecule has 7 atom stereocenters. The van der Waals surface area contributed by atoms with Crippen molar-refractivity contribution in [1.82, 2.24) is 0 Å². The third-order valence-electron chi connectivity index (χ3n) is 7.66. The van der Waals surface area contributed by atoms with Gasteiger partial charge in [-0.05, 0) is 62.9 Å². The van der Waals surface area contributed by atoms with Gasteiger partial charge in [-0.25, -0.2) is 0 Å². The third-order valence-corrected chi connectivity index (χ3v) is 7.66. The summed E-state index contributed by atoms with van der Waals surface area (Å²) in [5.74, 6) is 0.283. The highest BCUT2D eigenvalue weighted by atomic mass is 16.6. The fraction of sp³-hybridized carbons (Fsp3) is 0.741. The normalized spacial score (nSPS) is 34.1. The van der Waals surface area contributed by atoms with E-state index in [1.807, 2.05) is 20.8 Å². The smallest absolute Gasteiger partial charge is 0.311 e. The Kier molecular flexibility index (Phi) is 8.07. The van der Waals surface area contributed by atoms with Gasteiger partial charge in [0.2, 0.25) is 0 Å². The van der Waals surface area contributed by atoms with Crippen LogP contribution in [-0.2, 0) is 28.6 Å². The van der Waals surface area contributed by atoms with Crippen LogP contribution >= 0.6 is 0 Å². The summed E-state index contributed by atoms with van der Waals surface area (Å²) in [5, 5.41) is 0. The van der Waals surface area contributed by atoms with Crippen molar-refractivity contribution < 1.29 is 28.6 Å². The maximum Gasteiger partial charge on any atom is 0.311 e. The van der Waals surface area contributed by atoms with Gasteiger partial charge in [0.05, 0.1) is 11.8 Å². The molecule has 3 rings (SSSR count). The molecule has 1 saturated heterocycles. The number of rotatable bonds is 7. The molecule has 0 N–H and O–H groups in total. The fourth-order valence-electron chi connectivity index (χ4n) is 5.39. The van der Waals surface area contributed by atoms with E-state index in [4.69, 9.17) is 14.2 Å². The molecule has 7 unspecified atom stereocenters. The maximum atomic E-state index is 12.9. The highest BCUT2D eigenvalue weighted by Gasteiger charge is 2.43. The van der Waals surface area contributed by atoms with Crippen LogP contribution in [0.3, 0.4) is 0 Å². The van der Waals surface area contributed by atoms with Crippen molar-refractivity contribution in [3.63, 3.8) is 0 Å². The zero-order valence-corrected chi connectivity index (χ0v) is 21.0. The van der Waals surface area contributed by atoms with E-state index >= 15 is 0 Å². The number of carbonyl (C=O) groups is 3. The molecule has 1 heterocycles. The minimum absolute atomic E-state index is 0.122. The zero-order chi connectivity index (χ0) is 24.3. The first-order chi connectivity index (χ1) is 15.5. The number of esters is 3. The summed E-state index contributed by atoms with van der Waals surface area (Å²) < 4.78 is 17.0. The second kappa shape index (κ2) is 10.4. The van der Waals surface area contributed by atoms with E-state index in [9.17, 15) is 14.4 Å². The van der Waals surface area contributed by atoms with Crippen LogP contribution in [0.2, 0.25) is 0 Å². The van der Waals surface area contributed by atoms with Crippen LogP contribution in [-0.4, -0.2) is 36.2 Å². The molecule has 1 fully saturated rings. The summed E-state index contributed by atoms with van der Waals surface area (Å²) in [7, 11) is 0. The number of hydrogen-bond donors (Lipinski definition) is 0. The lowest BCUT2D eigenvalue weighted by Gasteiger charge is -2.44. The van der Waals surface area contributed by atoms with Crippen molar-refractivity contribution in [3.05, 3.63) is 23.8 Å². The quantitative estimate of drug-likeness (QED) is 0.386. The van der Waals surface area contributed by atoms with Crippen molar-refractivity contribution in [2.24, 2.45) is 29.1 Å². The van der Waals surface area contributed by atoms with E-state index < -0.39 is 11.5 Å². The summed E-state index contributed by atoms with van der Waals surface area (Å²) in [6.45, 7) is 11.6. The van der Waals surface area contributed by atoms with Crippen molar-refractivity contribution in [1.29, 1.82) is 0 Å². The van der Waals surface area contributed by atoms with Crippen molar-refractivity contribution in [2.45, 2.75) is 98.4 Å². The van der Waals surface area contributed by atoms with E-state index in [0.717, 1.165) is 19.3 Å². The van der Waals surface area contributed by atoms with Gasteiger partial charge in [0.15, 0.2) is 0 Å². The van der Waals surface area contributed by atoms with Gasteiger partial charge in [-0.3, -0.25) is 14.4 Å². The van der Waals surface area contributed by atoms with Gasteiger partial charge in [0.25, 0.3) is 0 Å². The second-order valence-corrected chi connectivity index (χ2v) is 10.8. The molecule has 1 aliphatic heterocycles. The van der Waals surface area contributed by atoms with Gasteiger partial charge >= 0.3 is 17.9 Å². The summed E-state index contributed by atoms with van der Waals surface area (Å²) in [6.07, 6.45) is 9.70. The lowest BCUT2D eigenvalue weighted by molar-refractivity contribution is -0.170. The SMILES string of the molecule is CCC(C)(C)C(=O)OC1CC(C)C=C2C=CC(C)C(CCC3CC(OC(C)=O)CC(=O)O3)C21. The Bertz CT molecular complexity index is 807. The standard InChI is InChI=1S/C27H40O6/c1-7-27(5,6)26(30)33-23-13-16(2)12-19-9-8-17(3)22(25(19)23)11-10-20-14-21(31-18(4)28)15-24(29)32-20/h8-9,12,16-17,20-23,25H,7,10-11,13-15H2,1-6H3. The summed E-state index contributed by atoms with van der Waals surface area (Å²) in [5.41, 5.74) is 0.750. The van der Waals surface area contributed by atoms with E-state index in [0.29, 0.717) is 24.7 Å². The van der Waals surface area contributed by atoms with Crippen molar-refractivity contribution >= 4 is 17.9 Å². The maximum absolute atomic E-state index is 12.9. The molecule has 3 aliphatic rings. The number of cyclic esters (lactones) is 1.